The van der Waals surface area contributed by atoms with Gasteiger partial charge in [0.25, 0.3) is 5.69 Å². The van der Waals surface area contributed by atoms with Crippen LogP contribution in [0.2, 0.25) is 0 Å². The Bertz CT molecular complexity index is 476. The normalized spacial score (nSPS) is 23.4. The van der Waals surface area contributed by atoms with Gasteiger partial charge in [-0.25, -0.2) is 0 Å². The molecule has 19 heavy (non-hydrogen) atoms. The molecule has 1 aromatic carbocycles. The van der Waals surface area contributed by atoms with E-state index < -0.39 is 0 Å². The highest BCUT2D eigenvalue weighted by molar-refractivity contribution is 5.56. The standard InChI is InChI=1S/C14H21N3O2/c1-10-3-4-16(14(5-10)9-15)12-6-11(2)7-13(8-12)17(18)19/h6-8,10,14H,3-5,9,15H2,1-2H3. The Morgan fingerprint density at radius 1 is 1.47 bits per heavy atom. The van der Waals surface area contributed by atoms with Gasteiger partial charge in [-0.1, -0.05) is 6.92 Å². The molecule has 2 unspecified atom stereocenters. The lowest BCUT2D eigenvalue weighted by Crippen LogP contribution is -2.46. The lowest BCUT2D eigenvalue weighted by Gasteiger charge is -2.39. The molecule has 0 amide bonds. The van der Waals surface area contributed by atoms with Crippen LogP contribution in [0.4, 0.5) is 11.4 Å². The summed E-state index contributed by atoms with van der Waals surface area (Å²) < 4.78 is 0. The number of anilines is 1. The van der Waals surface area contributed by atoms with Crippen molar-refractivity contribution in [3.05, 3.63) is 33.9 Å². The molecule has 1 fully saturated rings. The van der Waals surface area contributed by atoms with Crippen LogP contribution in [0, 0.1) is 23.0 Å². The summed E-state index contributed by atoms with van der Waals surface area (Å²) in [6.07, 6.45) is 2.16. The van der Waals surface area contributed by atoms with Crippen molar-refractivity contribution >= 4 is 11.4 Å². The zero-order valence-electron chi connectivity index (χ0n) is 11.5. The monoisotopic (exact) mass is 263 g/mol. The number of piperidine rings is 1. The van der Waals surface area contributed by atoms with Gasteiger partial charge in [0.2, 0.25) is 0 Å². The predicted octanol–water partition coefficient (Wildman–Crippen LogP) is 2.47. The van der Waals surface area contributed by atoms with E-state index in [0.717, 1.165) is 30.6 Å². The van der Waals surface area contributed by atoms with E-state index in [0.29, 0.717) is 12.5 Å². The van der Waals surface area contributed by atoms with Crippen molar-refractivity contribution in [2.75, 3.05) is 18.0 Å². The molecule has 1 heterocycles. The van der Waals surface area contributed by atoms with E-state index in [4.69, 9.17) is 5.73 Å². The molecule has 0 radical (unpaired) electrons. The zero-order chi connectivity index (χ0) is 14.0. The molecule has 0 aliphatic carbocycles. The first-order valence-corrected chi connectivity index (χ1v) is 6.74. The van der Waals surface area contributed by atoms with Crippen LogP contribution < -0.4 is 10.6 Å². The Morgan fingerprint density at radius 3 is 2.84 bits per heavy atom. The lowest BCUT2D eigenvalue weighted by atomic mass is 9.92. The van der Waals surface area contributed by atoms with Gasteiger partial charge in [0.1, 0.15) is 0 Å². The van der Waals surface area contributed by atoms with Gasteiger partial charge in [-0.15, -0.1) is 0 Å². The van der Waals surface area contributed by atoms with E-state index in [1.807, 2.05) is 13.0 Å². The first-order chi connectivity index (χ1) is 9.01. The van der Waals surface area contributed by atoms with E-state index >= 15 is 0 Å². The fraction of sp³-hybridized carbons (Fsp3) is 0.571. The van der Waals surface area contributed by atoms with Gasteiger partial charge in [-0.3, -0.25) is 10.1 Å². The molecule has 1 aliphatic rings. The Kier molecular flexibility index (Phi) is 4.04. The number of hydrogen-bond acceptors (Lipinski definition) is 4. The van der Waals surface area contributed by atoms with Crippen LogP contribution in [-0.2, 0) is 0 Å². The summed E-state index contributed by atoms with van der Waals surface area (Å²) >= 11 is 0. The van der Waals surface area contributed by atoms with Crippen molar-refractivity contribution in [3.8, 4) is 0 Å². The Morgan fingerprint density at radius 2 is 2.21 bits per heavy atom. The smallest absolute Gasteiger partial charge is 0.271 e. The second kappa shape index (κ2) is 5.57. The zero-order valence-corrected chi connectivity index (χ0v) is 11.5. The molecule has 1 aliphatic heterocycles. The summed E-state index contributed by atoms with van der Waals surface area (Å²) in [5.41, 5.74) is 7.85. The summed E-state index contributed by atoms with van der Waals surface area (Å²) in [4.78, 5) is 12.8. The maximum atomic E-state index is 11.0. The van der Waals surface area contributed by atoms with Crippen molar-refractivity contribution in [3.63, 3.8) is 0 Å². The van der Waals surface area contributed by atoms with Crippen molar-refractivity contribution < 1.29 is 4.92 Å². The summed E-state index contributed by atoms with van der Waals surface area (Å²) in [6.45, 7) is 5.63. The van der Waals surface area contributed by atoms with Crippen LogP contribution in [0.3, 0.4) is 0 Å². The van der Waals surface area contributed by atoms with Crippen LogP contribution in [-0.4, -0.2) is 24.1 Å². The van der Waals surface area contributed by atoms with Gasteiger partial charge in [0.15, 0.2) is 0 Å². The molecule has 0 aromatic heterocycles. The maximum absolute atomic E-state index is 11.0. The molecule has 2 N–H and O–H groups in total. The molecule has 104 valence electrons. The largest absolute Gasteiger partial charge is 0.367 e. The van der Waals surface area contributed by atoms with Gasteiger partial charge < -0.3 is 10.6 Å². The molecule has 0 spiro atoms. The van der Waals surface area contributed by atoms with E-state index in [2.05, 4.69) is 11.8 Å². The molecule has 5 nitrogen and oxygen atoms in total. The van der Waals surface area contributed by atoms with Gasteiger partial charge >= 0.3 is 0 Å². The predicted molar refractivity (Wildman–Crippen MR) is 76.4 cm³/mol. The highest BCUT2D eigenvalue weighted by Gasteiger charge is 2.26. The van der Waals surface area contributed by atoms with Crippen molar-refractivity contribution in [1.82, 2.24) is 0 Å². The summed E-state index contributed by atoms with van der Waals surface area (Å²) in [5, 5.41) is 11.0. The number of non-ortho nitro benzene ring substituents is 1. The second-order valence-electron chi connectivity index (χ2n) is 5.50. The molecule has 1 saturated heterocycles. The highest BCUT2D eigenvalue weighted by atomic mass is 16.6. The highest BCUT2D eigenvalue weighted by Crippen LogP contribution is 2.30. The van der Waals surface area contributed by atoms with Crippen LogP contribution in [0.1, 0.15) is 25.3 Å². The number of rotatable bonds is 3. The van der Waals surface area contributed by atoms with Crippen molar-refractivity contribution in [2.24, 2.45) is 11.7 Å². The lowest BCUT2D eigenvalue weighted by molar-refractivity contribution is -0.384. The molecule has 0 saturated carbocycles. The van der Waals surface area contributed by atoms with E-state index in [1.54, 1.807) is 12.1 Å². The average molecular weight is 263 g/mol. The molecule has 2 atom stereocenters. The van der Waals surface area contributed by atoms with E-state index in [9.17, 15) is 10.1 Å². The first kappa shape index (κ1) is 13.8. The third kappa shape index (κ3) is 3.04. The number of nitrogens with zero attached hydrogens (tertiary/aromatic N) is 2. The number of nitro groups is 1. The van der Waals surface area contributed by atoms with Crippen LogP contribution >= 0.6 is 0 Å². The summed E-state index contributed by atoms with van der Waals surface area (Å²) in [5.74, 6) is 0.671. The maximum Gasteiger partial charge on any atom is 0.271 e. The Labute approximate surface area is 113 Å². The number of hydrogen-bond donors (Lipinski definition) is 1. The Balaban J connectivity index is 2.32. The summed E-state index contributed by atoms with van der Waals surface area (Å²) in [6, 6.07) is 5.55. The molecule has 1 aromatic rings. The number of nitrogens with two attached hydrogens (primary N) is 1. The van der Waals surface area contributed by atoms with Crippen LogP contribution in [0.15, 0.2) is 18.2 Å². The van der Waals surface area contributed by atoms with E-state index in [1.165, 1.54) is 0 Å². The Hall–Kier alpha value is -1.62. The SMILES string of the molecule is Cc1cc(N2CCC(C)CC2CN)cc([N+](=O)[O-])c1. The molecular formula is C14H21N3O2. The fourth-order valence-electron chi connectivity index (χ4n) is 2.83. The number of nitro benzene ring substituents is 1. The summed E-state index contributed by atoms with van der Waals surface area (Å²) in [7, 11) is 0. The quantitative estimate of drug-likeness (QED) is 0.671. The molecule has 5 heteroatoms. The number of benzene rings is 1. The minimum atomic E-state index is -0.333. The molecule has 0 bridgehead atoms. The van der Waals surface area contributed by atoms with Crippen LogP contribution in [0.25, 0.3) is 0 Å². The first-order valence-electron chi connectivity index (χ1n) is 6.74. The molecular weight excluding hydrogens is 242 g/mol. The average Bonchev–Trinajstić information content (AvgIpc) is 2.37. The topological polar surface area (TPSA) is 72.4 Å². The van der Waals surface area contributed by atoms with E-state index in [-0.39, 0.29) is 16.7 Å². The third-order valence-electron chi connectivity index (χ3n) is 3.84. The number of aryl methyl sites for hydroxylation is 1. The third-order valence-corrected chi connectivity index (χ3v) is 3.84. The van der Waals surface area contributed by atoms with Gasteiger partial charge in [0.05, 0.1) is 4.92 Å². The van der Waals surface area contributed by atoms with Crippen LogP contribution in [0.5, 0.6) is 0 Å². The molecule has 2 rings (SSSR count). The van der Waals surface area contributed by atoms with Crippen molar-refractivity contribution in [2.45, 2.75) is 32.7 Å². The minimum absolute atomic E-state index is 0.157. The van der Waals surface area contributed by atoms with Gasteiger partial charge in [0, 0.05) is 37.0 Å². The van der Waals surface area contributed by atoms with Crippen molar-refractivity contribution in [1.29, 1.82) is 0 Å². The van der Waals surface area contributed by atoms with Gasteiger partial charge in [-0.2, -0.15) is 0 Å². The van der Waals surface area contributed by atoms with Gasteiger partial charge in [-0.05, 0) is 37.3 Å². The minimum Gasteiger partial charge on any atom is -0.367 e. The second-order valence-corrected chi connectivity index (χ2v) is 5.50. The fourth-order valence-corrected chi connectivity index (χ4v) is 2.83.